The number of hydrogen-bond acceptors (Lipinski definition) is 4. The highest BCUT2D eigenvalue weighted by molar-refractivity contribution is 5.92. The first-order chi connectivity index (χ1) is 12.9. The fraction of sp³-hybridized carbons (Fsp3) is 0.684. The number of carbonyl (C=O) groups excluding carboxylic acids is 3. The van der Waals surface area contributed by atoms with Gasteiger partial charge in [-0.15, -0.1) is 0 Å². The van der Waals surface area contributed by atoms with Crippen molar-refractivity contribution in [1.29, 1.82) is 0 Å². The molecule has 2 atom stereocenters. The molecule has 2 unspecified atom stereocenters. The van der Waals surface area contributed by atoms with E-state index in [1.54, 1.807) is 34.5 Å². The second-order valence-corrected chi connectivity index (χ2v) is 7.55. The third-order valence-corrected chi connectivity index (χ3v) is 5.78. The predicted octanol–water partition coefficient (Wildman–Crippen LogP) is 0.708. The molecule has 27 heavy (non-hydrogen) atoms. The maximum atomic E-state index is 12.9. The number of fused-ring (bicyclic) bond motifs is 1. The summed E-state index contributed by atoms with van der Waals surface area (Å²) in [7, 11) is 1.80. The molecule has 0 radical (unpaired) electrons. The molecule has 3 amide bonds. The van der Waals surface area contributed by atoms with E-state index in [0.29, 0.717) is 31.9 Å². The molecule has 2 fully saturated rings. The molecule has 148 valence electrons. The zero-order valence-corrected chi connectivity index (χ0v) is 16.4. The Morgan fingerprint density at radius 3 is 2.59 bits per heavy atom. The van der Waals surface area contributed by atoms with E-state index < -0.39 is 0 Å². The minimum Gasteiger partial charge on any atom is -0.354 e. The summed E-state index contributed by atoms with van der Waals surface area (Å²) in [5, 5.41) is 7.24. The normalized spacial score (nSPS) is 24.2. The van der Waals surface area contributed by atoms with Gasteiger partial charge in [-0.3, -0.25) is 19.1 Å². The molecule has 0 bridgehead atoms. The van der Waals surface area contributed by atoms with Crippen LogP contribution in [-0.4, -0.2) is 69.5 Å². The lowest BCUT2D eigenvalue weighted by atomic mass is 9.82. The highest BCUT2D eigenvalue weighted by Gasteiger charge is 2.37. The number of aryl methyl sites for hydroxylation is 2. The summed E-state index contributed by atoms with van der Waals surface area (Å²) in [6.45, 7) is 5.15. The van der Waals surface area contributed by atoms with Crippen molar-refractivity contribution in [2.45, 2.75) is 45.6 Å². The number of nitrogens with one attached hydrogen (secondary N) is 1. The van der Waals surface area contributed by atoms with E-state index in [1.165, 1.54) is 0 Å². The minimum absolute atomic E-state index is 0.00562. The van der Waals surface area contributed by atoms with Crippen LogP contribution in [0.5, 0.6) is 0 Å². The molecule has 1 aliphatic heterocycles. The molecule has 1 aromatic heterocycles. The van der Waals surface area contributed by atoms with Gasteiger partial charge in [-0.1, -0.05) is 12.8 Å². The molecule has 1 aliphatic carbocycles. The van der Waals surface area contributed by atoms with E-state index in [9.17, 15) is 14.4 Å². The molecule has 1 saturated heterocycles. The van der Waals surface area contributed by atoms with Gasteiger partial charge in [0.05, 0.1) is 5.92 Å². The molecule has 1 saturated carbocycles. The van der Waals surface area contributed by atoms with Gasteiger partial charge in [0.25, 0.3) is 5.91 Å². The Labute approximate surface area is 159 Å². The van der Waals surface area contributed by atoms with Gasteiger partial charge in [0.15, 0.2) is 5.69 Å². The van der Waals surface area contributed by atoms with Crippen molar-refractivity contribution in [2.24, 2.45) is 13.0 Å². The Kier molecular flexibility index (Phi) is 5.82. The minimum atomic E-state index is -0.169. The standard InChI is InChI=1S/C19H29N5O3/c1-13-12-16(21-22(13)3)19(27)23-9-8-20-18(26)15-6-4-5-7-17(15)24(11-10-23)14(2)25/h12,15,17H,4-11H2,1-3H3,(H,20,26). The lowest BCUT2D eigenvalue weighted by Gasteiger charge is -2.40. The third kappa shape index (κ3) is 4.14. The fourth-order valence-electron chi connectivity index (χ4n) is 4.16. The van der Waals surface area contributed by atoms with Crippen LogP contribution >= 0.6 is 0 Å². The molecule has 8 nitrogen and oxygen atoms in total. The molecular weight excluding hydrogens is 346 g/mol. The van der Waals surface area contributed by atoms with Crippen molar-refractivity contribution >= 4 is 17.7 Å². The first-order valence-corrected chi connectivity index (χ1v) is 9.73. The van der Waals surface area contributed by atoms with Gasteiger partial charge in [0, 0.05) is 51.9 Å². The Balaban J connectivity index is 1.81. The molecule has 3 rings (SSSR count). The Morgan fingerprint density at radius 2 is 1.93 bits per heavy atom. The quantitative estimate of drug-likeness (QED) is 0.783. The van der Waals surface area contributed by atoms with Gasteiger partial charge in [-0.05, 0) is 25.8 Å². The molecule has 8 heteroatoms. The van der Waals surface area contributed by atoms with Crippen molar-refractivity contribution < 1.29 is 14.4 Å². The fourth-order valence-corrected chi connectivity index (χ4v) is 4.16. The lowest BCUT2D eigenvalue weighted by Crippen LogP contribution is -2.55. The summed E-state index contributed by atoms with van der Waals surface area (Å²) >= 11 is 0. The number of carbonyl (C=O) groups is 3. The van der Waals surface area contributed by atoms with Crippen LogP contribution in [0.25, 0.3) is 0 Å². The lowest BCUT2D eigenvalue weighted by molar-refractivity contribution is -0.137. The van der Waals surface area contributed by atoms with E-state index in [4.69, 9.17) is 0 Å². The SMILES string of the molecule is CC(=O)N1CCN(C(=O)c2cc(C)n(C)n2)CCNC(=O)C2CCCCC21. The van der Waals surface area contributed by atoms with Crippen LogP contribution < -0.4 is 5.32 Å². The largest absolute Gasteiger partial charge is 0.354 e. The van der Waals surface area contributed by atoms with Gasteiger partial charge in [-0.25, -0.2) is 0 Å². The summed E-state index contributed by atoms with van der Waals surface area (Å²) in [6, 6.07) is 1.68. The highest BCUT2D eigenvalue weighted by atomic mass is 16.2. The van der Waals surface area contributed by atoms with Crippen LogP contribution in [0, 0.1) is 12.8 Å². The maximum Gasteiger partial charge on any atom is 0.274 e. The van der Waals surface area contributed by atoms with Crippen molar-refractivity contribution in [2.75, 3.05) is 26.2 Å². The molecule has 0 aromatic carbocycles. The third-order valence-electron chi connectivity index (χ3n) is 5.78. The van der Waals surface area contributed by atoms with E-state index in [0.717, 1.165) is 31.4 Å². The van der Waals surface area contributed by atoms with Gasteiger partial charge in [-0.2, -0.15) is 5.10 Å². The van der Waals surface area contributed by atoms with Crippen molar-refractivity contribution in [3.63, 3.8) is 0 Å². The number of amides is 3. The highest BCUT2D eigenvalue weighted by Crippen LogP contribution is 2.29. The zero-order valence-electron chi connectivity index (χ0n) is 16.4. The topological polar surface area (TPSA) is 87.5 Å². The summed E-state index contributed by atoms with van der Waals surface area (Å²) in [4.78, 5) is 41.3. The van der Waals surface area contributed by atoms with Gasteiger partial charge in [0.2, 0.25) is 11.8 Å². The maximum absolute atomic E-state index is 12.9. The predicted molar refractivity (Wildman–Crippen MR) is 100.0 cm³/mol. The van der Waals surface area contributed by atoms with Crippen LogP contribution in [0.3, 0.4) is 0 Å². The van der Waals surface area contributed by atoms with Gasteiger partial charge >= 0.3 is 0 Å². The smallest absolute Gasteiger partial charge is 0.274 e. The van der Waals surface area contributed by atoms with E-state index >= 15 is 0 Å². The van der Waals surface area contributed by atoms with Gasteiger partial charge in [0.1, 0.15) is 0 Å². The second-order valence-electron chi connectivity index (χ2n) is 7.55. The second kappa shape index (κ2) is 8.10. The number of hydrogen-bond donors (Lipinski definition) is 1. The summed E-state index contributed by atoms with van der Waals surface area (Å²) in [6.07, 6.45) is 3.69. The average molecular weight is 375 g/mol. The molecule has 2 aliphatic rings. The molecular formula is C19H29N5O3. The van der Waals surface area contributed by atoms with E-state index in [-0.39, 0.29) is 29.7 Å². The van der Waals surface area contributed by atoms with Crippen LogP contribution in [0.15, 0.2) is 6.07 Å². The van der Waals surface area contributed by atoms with Crippen LogP contribution in [-0.2, 0) is 16.6 Å². The summed E-state index contributed by atoms with van der Waals surface area (Å²) in [5.41, 5.74) is 1.30. The van der Waals surface area contributed by atoms with E-state index in [2.05, 4.69) is 10.4 Å². The Morgan fingerprint density at radius 1 is 1.19 bits per heavy atom. The number of nitrogens with zero attached hydrogens (tertiary/aromatic N) is 4. The molecule has 0 spiro atoms. The Bertz CT molecular complexity index is 709. The first kappa shape index (κ1) is 19.4. The molecule has 1 N–H and O–H groups in total. The van der Waals surface area contributed by atoms with Gasteiger partial charge < -0.3 is 15.1 Å². The molecule has 1 aromatic rings. The summed E-state index contributed by atoms with van der Waals surface area (Å²) in [5.74, 6) is -0.365. The van der Waals surface area contributed by atoms with Crippen molar-refractivity contribution in [1.82, 2.24) is 24.9 Å². The van der Waals surface area contributed by atoms with Crippen molar-refractivity contribution in [3.05, 3.63) is 17.5 Å². The van der Waals surface area contributed by atoms with Crippen LogP contribution in [0.4, 0.5) is 0 Å². The zero-order chi connectivity index (χ0) is 19.6. The average Bonchev–Trinajstić information content (AvgIpc) is 2.98. The van der Waals surface area contributed by atoms with Crippen LogP contribution in [0.1, 0.15) is 48.8 Å². The van der Waals surface area contributed by atoms with Crippen molar-refractivity contribution in [3.8, 4) is 0 Å². The van der Waals surface area contributed by atoms with Crippen LogP contribution in [0.2, 0.25) is 0 Å². The number of aromatic nitrogens is 2. The summed E-state index contributed by atoms with van der Waals surface area (Å²) < 4.78 is 1.67. The number of rotatable bonds is 1. The Hall–Kier alpha value is -2.38. The first-order valence-electron chi connectivity index (χ1n) is 9.73. The van der Waals surface area contributed by atoms with E-state index in [1.807, 2.05) is 6.92 Å². The monoisotopic (exact) mass is 375 g/mol. The molecule has 2 heterocycles.